The molecule has 1 saturated heterocycles. The standard InChI is InChI=1S/C22H25N3O5S/c1-4-30-20(27)12-23-22(28)24-16-7-5-6-15(11-16)21-25(19(26)13-31-21)17-10-14(2)8-9-18(17)29-3/h5-11,21H,4,12-13H2,1-3H3,(H2,23,24,28). The van der Waals surface area contributed by atoms with E-state index in [0.29, 0.717) is 22.9 Å². The number of hydrogen-bond acceptors (Lipinski definition) is 6. The number of thioether (sulfide) groups is 1. The average molecular weight is 444 g/mol. The second kappa shape index (κ2) is 10.2. The predicted molar refractivity (Wildman–Crippen MR) is 121 cm³/mol. The average Bonchev–Trinajstić information content (AvgIpc) is 3.14. The molecule has 2 aromatic rings. The van der Waals surface area contributed by atoms with Crippen LogP contribution in [0.5, 0.6) is 5.75 Å². The van der Waals surface area contributed by atoms with Gasteiger partial charge in [0.05, 0.1) is 25.2 Å². The molecule has 31 heavy (non-hydrogen) atoms. The third-order valence-corrected chi connectivity index (χ3v) is 5.80. The fourth-order valence-corrected chi connectivity index (χ4v) is 4.39. The number of nitrogens with one attached hydrogen (secondary N) is 2. The second-order valence-corrected chi connectivity index (χ2v) is 7.91. The Bertz CT molecular complexity index is 981. The molecule has 0 spiro atoms. The highest BCUT2D eigenvalue weighted by molar-refractivity contribution is 8.00. The third-order valence-electron chi connectivity index (χ3n) is 4.59. The number of aryl methyl sites for hydroxylation is 1. The molecular weight excluding hydrogens is 418 g/mol. The molecule has 1 fully saturated rings. The van der Waals surface area contributed by atoms with Crippen molar-refractivity contribution in [3.05, 3.63) is 53.6 Å². The lowest BCUT2D eigenvalue weighted by molar-refractivity contribution is -0.141. The first-order valence-corrected chi connectivity index (χ1v) is 10.9. The molecule has 1 unspecified atom stereocenters. The molecule has 1 atom stereocenters. The Kier molecular flexibility index (Phi) is 7.41. The number of carbonyl (C=O) groups is 3. The van der Waals surface area contributed by atoms with Gasteiger partial charge in [0, 0.05) is 5.69 Å². The van der Waals surface area contributed by atoms with Gasteiger partial charge < -0.3 is 20.1 Å². The lowest BCUT2D eigenvalue weighted by atomic mass is 10.1. The monoisotopic (exact) mass is 443 g/mol. The van der Waals surface area contributed by atoms with Gasteiger partial charge in [0.25, 0.3) is 0 Å². The zero-order valence-electron chi connectivity index (χ0n) is 17.6. The lowest BCUT2D eigenvalue weighted by Gasteiger charge is -2.26. The van der Waals surface area contributed by atoms with Crippen LogP contribution >= 0.6 is 11.8 Å². The molecule has 0 aromatic heterocycles. The Hall–Kier alpha value is -3.20. The lowest BCUT2D eigenvalue weighted by Crippen LogP contribution is -2.34. The summed E-state index contributed by atoms with van der Waals surface area (Å²) in [7, 11) is 1.58. The summed E-state index contributed by atoms with van der Waals surface area (Å²) >= 11 is 1.51. The highest BCUT2D eigenvalue weighted by atomic mass is 32.2. The number of benzene rings is 2. The van der Waals surface area contributed by atoms with E-state index in [1.54, 1.807) is 25.0 Å². The van der Waals surface area contributed by atoms with Crippen LogP contribution < -0.4 is 20.3 Å². The zero-order chi connectivity index (χ0) is 22.4. The van der Waals surface area contributed by atoms with Crippen molar-refractivity contribution in [1.82, 2.24) is 5.32 Å². The van der Waals surface area contributed by atoms with Crippen molar-refractivity contribution in [3.8, 4) is 5.75 Å². The Labute approximate surface area is 185 Å². The summed E-state index contributed by atoms with van der Waals surface area (Å²) in [6.45, 7) is 3.70. The van der Waals surface area contributed by atoms with Crippen LogP contribution in [0.3, 0.4) is 0 Å². The van der Waals surface area contributed by atoms with Gasteiger partial charge in [-0.2, -0.15) is 0 Å². The number of carbonyl (C=O) groups excluding carboxylic acids is 3. The Morgan fingerprint density at radius 1 is 1.23 bits per heavy atom. The first kappa shape index (κ1) is 22.5. The highest BCUT2D eigenvalue weighted by Gasteiger charge is 2.35. The summed E-state index contributed by atoms with van der Waals surface area (Å²) in [5.74, 6) is 0.456. The first-order chi connectivity index (χ1) is 14.9. The van der Waals surface area contributed by atoms with E-state index < -0.39 is 12.0 Å². The van der Waals surface area contributed by atoms with Gasteiger partial charge in [-0.25, -0.2) is 4.79 Å². The molecule has 3 amide bonds. The van der Waals surface area contributed by atoms with Gasteiger partial charge in [-0.1, -0.05) is 18.2 Å². The van der Waals surface area contributed by atoms with Gasteiger partial charge in [0.2, 0.25) is 5.91 Å². The number of hydrogen-bond donors (Lipinski definition) is 2. The van der Waals surface area contributed by atoms with Crippen LogP contribution in [0.4, 0.5) is 16.2 Å². The van der Waals surface area contributed by atoms with Crippen molar-refractivity contribution in [2.45, 2.75) is 19.2 Å². The number of methoxy groups -OCH3 is 1. The molecule has 0 radical (unpaired) electrons. The van der Waals surface area contributed by atoms with Crippen molar-refractivity contribution in [2.75, 3.05) is 36.2 Å². The van der Waals surface area contributed by atoms with Crippen molar-refractivity contribution in [3.63, 3.8) is 0 Å². The minimum atomic E-state index is -0.516. The number of esters is 1. The molecule has 9 heteroatoms. The van der Waals surface area contributed by atoms with E-state index in [1.807, 2.05) is 43.3 Å². The Balaban J connectivity index is 1.78. The minimum absolute atomic E-state index is 0.00978. The molecule has 0 aliphatic carbocycles. The molecule has 164 valence electrons. The summed E-state index contributed by atoms with van der Waals surface area (Å²) < 4.78 is 10.3. The van der Waals surface area contributed by atoms with Gasteiger partial charge in [0.15, 0.2) is 0 Å². The van der Waals surface area contributed by atoms with E-state index in [-0.39, 0.29) is 24.4 Å². The zero-order valence-corrected chi connectivity index (χ0v) is 18.5. The van der Waals surface area contributed by atoms with Crippen molar-refractivity contribution in [1.29, 1.82) is 0 Å². The van der Waals surface area contributed by atoms with Gasteiger partial charge in [0.1, 0.15) is 17.7 Å². The maximum atomic E-state index is 12.7. The van der Waals surface area contributed by atoms with E-state index in [1.165, 1.54) is 11.8 Å². The van der Waals surface area contributed by atoms with Crippen LogP contribution in [0.2, 0.25) is 0 Å². The van der Waals surface area contributed by atoms with Gasteiger partial charge in [-0.05, 0) is 49.2 Å². The number of rotatable bonds is 7. The number of amides is 3. The van der Waals surface area contributed by atoms with E-state index in [9.17, 15) is 14.4 Å². The summed E-state index contributed by atoms with van der Waals surface area (Å²) in [6.07, 6.45) is 0. The van der Waals surface area contributed by atoms with Crippen LogP contribution in [0, 0.1) is 6.92 Å². The predicted octanol–water partition coefficient (Wildman–Crippen LogP) is 3.47. The molecule has 1 aliphatic rings. The maximum absolute atomic E-state index is 12.7. The molecule has 1 aliphatic heterocycles. The normalized spacial score (nSPS) is 15.5. The van der Waals surface area contributed by atoms with Crippen molar-refractivity contribution < 1.29 is 23.9 Å². The number of urea groups is 1. The molecule has 2 N–H and O–H groups in total. The van der Waals surface area contributed by atoms with Gasteiger partial charge >= 0.3 is 12.0 Å². The molecule has 2 aromatic carbocycles. The summed E-state index contributed by atoms with van der Waals surface area (Å²) in [4.78, 5) is 37.9. The van der Waals surface area contributed by atoms with Crippen molar-refractivity contribution >= 4 is 41.0 Å². The SMILES string of the molecule is CCOC(=O)CNC(=O)Nc1cccc(C2SCC(=O)N2c2cc(C)ccc2OC)c1. The first-order valence-electron chi connectivity index (χ1n) is 9.81. The number of ether oxygens (including phenoxy) is 2. The van der Waals surface area contributed by atoms with Crippen LogP contribution in [0.1, 0.15) is 23.4 Å². The largest absolute Gasteiger partial charge is 0.495 e. The summed E-state index contributed by atoms with van der Waals surface area (Å²) in [5, 5.41) is 4.91. The fourth-order valence-electron chi connectivity index (χ4n) is 3.23. The third kappa shape index (κ3) is 5.49. The summed E-state index contributed by atoms with van der Waals surface area (Å²) in [5.41, 5.74) is 3.15. The van der Waals surface area contributed by atoms with E-state index in [0.717, 1.165) is 11.1 Å². The van der Waals surface area contributed by atoms with E-state index >= 15 is 0 Å². The molecule has 0 saturated carbocycles. The highest BCUT2D eigenvalue weighted by Crippen LogP contribution is 2.45. The van der Waals surface area contributed by atoms with Gasteiger partial charge in [-0.3, -0.25) is 14.5 Å². The molecule has 1 heterocycles. The quantitative estimate of drug-likeness (QED) is 0.636. The topological polar surface area (TPSA) is 97.0 Å². The summed E-state index contributed by atoms with van der Waals surface area (Å²) in [6, 6.07) is 12.5. The van der Waals surface area contributed by atoms with Gasteiger partial charge in [-0.15, -0.1) is 11.8 Å². The van der Waals surface area contributed by atoms with E-state index in [4.69, 9.17) is 9.47 Å². The van der Waals surface area contributed by atoms with Crippen LogP contribution in [0.25, 0.3) is 0 Å². The number of nitrogens with zero attached hydrogens (tertiary/aromatic N) is 1. The Morgan fingerprint density at radius 3 is 2.77 bits per heavy atom. The number of anilines is 2. The van der Waals surface area contributed by atoms with Crippen LogP contribution in [-0.2, 0) is 14.3 Å². The van der Waals surface area contributed by atoms with Crippen LogP contribution in [0.15, 0.2) is 42.5 Å². The Morgan fingerprint density at radius 2 is 2.03 bits per heavy atom. The van der Waals surface area contributed by atoms with Crippen LogP contribution in [-0.4, -0.2) is 43.9 Å². The second-order valence-electron chi connectivity index (χ2n) is 6.84. The fraction of sp³-hybridized carbons (Fsp3) is 0.318. The van der Waals surface area contributed by atoms with E-state index in [2.05, 4.69) is 10.6 Å². The minimum Gasteiger partial charge on any atom is -0.495 e. The smallest absolute Gasteiger partial charge is 0.325 e. The maximum Gasteiger partial charge on any atom is 0.325 e. The molecule has 8 nitrogen and oxygen atoms in total. The molecule has 3 rings (SSSR count). The molecule has 0 bridgehead atoms. The van der Waals surface area contributed by atoms with Crippen molar-refractivity contribution in [2.24, 2.45) is 0 Å². The molecular formula is C22H25N3O5S.